The monoisotopic (exact) mass is 300 g/mol. The Balaban J connectivity index is 1.93. The van der Waals surface area contributed by atoms with Crippen LogP contribution in [0.15, 0.2) is 0 Å². The number of halogens is 1. The normalized spacial score (nSPS) is 16.2. The van der Waals surface area contributed by atoms with Crippen LogP contribution >= 0.6 is 11.6 Å². The third-order valence-electron chi connectivity index (χ3n) is 3.42. The van der Waals surface area contributed by atoms with Crippen LogP contribution in [-0.4, -0.2) is 46.2 Å². The molecule has 1 aliphatic rings. The molecule has 0 atom stereocenters. The molecule has 20 heavy (non-hydrogen) atoms. The van der Waals surface area contributed by atoms with Crippen molar-refractivity contribution in [2.75, 3.05) is 25.1 Å². The van der Waals surface area contributed by atoms with E-state index >= 15 is 0 Å². The minimum absolute atomic E-state index is 0.111. The molecular weight excluding hydrogens is 284 g/mol. The first kappa shape index (κ1) is 14.8. The van der Waals surface area contributed by atoms with Crippen molar-refractivity contribution in [3.63, 3.8) is 0 Å². The van der Waals surface area contributed by atoms with E-state index in [9.17, 15) is 4.79 Å². The van der Waals surface area contributed by atoms with E-state index in [2.05, 4.69) is 15.0 Å². The first-order valence-corrected chi connectivity index (χ1v) is 6.88. The largest absolute Gasteiger partial charge is 0.481 e. The van der Waals surface area contributed by atoms with Crippen molar-refractivity contribution in [2.24, 2.45) is 5.92 Å². The van der Waals surface area contributed by atoms with Gasteiger partial charge in [0.15, 0.2) is 0 Å². The number of nitrogens with zero attached hydrogens (tertiary/aromatic N) is 4. The number of aromatic nitrogens is 3. The maximum Gasteiger partial charge on any atom is 0.322 e. The van der Waals surface area contributed by atoms with Crippen LogP contribution in [0, 0.1) is 5.92 Å². The third kappa shape index (κ3) is 3.93. The molecule has 2 heterocycles. The molecule has 0 spiro atoms. The summed E-state index contributed by atoms with van der Waals surface area (Å²) < 4.78 is 4.97. The van der Waals surface area contributed by atoms with E-state index in [1.54, 1.807) is 0 Å². The Hall–Kier alpha value is -1.63. The molecule has 0 radical (unpaired) electrons. The topological polar surface area (TPSA) is 88.4 Å². The van der Waals surface area contributed by atoms with Crippen LogP contribution < -0.4 is 9.64 Å². The van der Waals surface area contributed by atoms with Gasteiger partial charge in [0.25, 0.3) is 0 Å². The second-order valence-corrected chi connectivity index (χ2v) is 5.09. The highest BCUT2D eigenvalue weighted by atomic mass is 35.5. The van der Waals surface area contributed by atoms with Crippen LogP contribution in [0.25, 0.3) is 0 Å². The Morgan fingerprint density at radius 3 is 2.70 bits per heavy atom. The summed E-state index contributed by atoms with van der Waals surface area (Å²) in [5.41, 5.74) is 0. The number of carbonyl (C=O) groups is 1. The van der Waals surface area contributed by atoms with Gasteiger partial charge in [-0.2, -0.15) is 15.0 Å². The zero-order valence-electron chi connectivity index (χ0n) is 11.3. The average Bonchev–Trinajstić information content (AvgIpc) is 2.45. The highest BCUT2D eigenvalue weighted by Gasteiger charge is 2.22. The van der Waals surface area contributed by atoms with Gasteiger partial charge in [-0.1, -0.05) is 0 Å². The number of piperidine rings is 1. The van der Waals surface area contributed by atoms with E-state index in [1.165, 1.54) is 7.11 Å². The molecule has 1 N–H and O–H groups in total. The fourth-order valence-electron chi connectivity index (χ4n) is 2.30. The number of ether oxygens (including phenoxy) is 1. The Morgan fingerprint density at radius 2 is 2.10 bits per heavy atom. The molecule has 110 valence electrons. The summed E-state index contributed by atoms with van der Waals surface area (Å²) in [5, 5.41) is 8.81. The van der Waals surface area contributed by atoms with Crippen LogP contribution in [0.4, 0.5) is 5.95 Å². The van der Waals surface area contributed by atoms with E-state index in [4.69, 9.17) is 21.4 Å². The summed E-state index contributed by atoms with van der Waals surface area (Å²) in [6.45, 7) is 1.57. The predicted octanol–water partition coefficient (Wildman–Crippen LogP) is 1.61. The van der Waals surface area contributed by atoms with E-state index in [-0.39, 0.29) is 17.7 Å². The number of rotatable bonds is 5. The van der Waals surface area contributed by atoms with Crippen LogP contribution in [0.5, 0.6) is 6.01 Å². The lowest BCUT2D eigenvalue weighted by Gasteiger charge is -2.31. The number of anilines is 1. The summed E-state index contributed by atoms with van der Waals surface area (Å²) in [6.07, 6.45) is 2.82. The van der Waals surface area contributed by atoms with Crippen LogP contribution in [-0.2, 0) is 4.79 Å². The van der Waals surface area contributed by atoms with Gasteiger partial charge in [-0.15, -0.1) is 0 Å². The van der Waals surface area contributed by atoms with Gasteiger partial charge in [0.05, 0.1) is 7.11 Å². The predicted molar refractivity (Wildman–Crippen MR) is 73.2 cm³/mol. The lowest BCUT2D eigenvalue weighted by molar-refractivity contribution is -0.137. The lowest BCUT2D eigenvalue weighted by Crippen LogP contribution is -2.35. The molecule has 1 aliphatic heterocycles. The smallest absolute Gasteiger partial charge is 0.322 e. The third-order valence-corrected chi connectivity index (χ3v) is 3.59. The molecule has 0 amide bonds. The van der Waals surface area contributed by atoms with Gasteiger partial charge in [-0.3, -0.25) is 4.79 Å². The molecule has 8 heteroatoms. The number of carboxylic acids is 1. The van der Waals surface area contributed by atoms with Gasteiger partial charge in [0.2, 0.25) is 11.2 Å². The van der Waals surface area contributed by atoms with Gasteiger partial charge >= 0.3 is 12.0 Å². The highest BCUT2D eigenvalue weighted by molar-refractivity contribution is 6.28. The second kappa shape index (κ2) is 6.69. The number of methoxy groups -OCH3 is 1. The van der Waals surface area contributed by atoms with Crippen molar-refractivity contribution < 1.29 is 14.6 Å². The van der Waals surface area contributed by atoms with Crippen molar-refractivity contribution in [3.8, 4) is 6.01 Å². The van der Waals surface area contributed by atoms with E-state index in [0.29, 0.717) is 11.9 Å². The molecule has 0 bridgehead atoms. The Kier molecular flexibility index (Phi) is 4.94. The Bertz CT molecular complexity index is 478. The van der Waals surface area contributed by atoms with Crippen molar-refractivity contribution in [3.05, 3.63) is 5.28 Å². The molecule has 0 aromatic carbocycles. The van der Waals surface area contributed by atoms with Gasteiger partial charge < -0.3 is 14.7 Å². The van der Waals surface area contributed by atoms with E-state index in [0.717, 1.165) is 32.4 Å². The van der Waals surface area contributed by atoms with Crippen LogP contribution in [0.2, 0.25) is 5.28 Å². The average molecular weight is 301 g/mol. The fourth-order valence-corrected chi connectivity index (χ4v) is 2.45. The minimum Gasteiger partial charge on any atom is -0.481 e. The molecule has 1 aromatic rings. The zero-order valence-corrected chi connectivity index (χ0v) is 12.0. The molecule has 0 unspecified atom stereocenters. The first-order chi connectivity index (χ1) is 9.58. The number of hydrogen-bond acceptors (Lipinski definition) is 6. The first-order valence-electron chi connectivity index (χ1n) is 6.51. The second-order valence-electron chi connectivity index (χ2n) is 4.75. The van der Waals surface area contributed by atoms with Gasteiger partial charge in [-0.25, -0.2) is 0 Å². The molecule has 7 nitrogen and oxygen atoms in total. The summed E-state index contributed by atoms with van der Waals surface area (Å²) in [5.74, 6) is 0.224. The molecule has 1 fully saturated rings. The molecular formula is C12H17ClN4O3. The zero-order chi connectivity index (χ0) is 14.5. The van der Waals surface area contributed by atoms with Crippen molar-refractivity contribution in [1.29, 1.82) is 0 Å². The standard InChI is InChI=1S/C12H17ClN4O3/c1-20-12-15-10(13)14-11(16-12)17-6-4-8(5-7-17)2-3-9(18)19/h8H,2-7H2,1H3,(H,18,19). The summed E-state index contributed by atoms with van der Waals surface area (Å²) in [7, 11) is 1.48. The van der Waals surface area contributed by atoms with Crippen molar-refractivity contribution in [2.45, 2.75) is 25.7 Å². The lowest BCUT2D eigenvalue weighted by atomic mass is 9.92. The maximum atomic E-state index is 10.6. The van der Waals surface area contributed by atoms with Crippen LogP contribution in [0.1, 0.15) is 25.7 Å². The highest BCUT2D eigenvalue weighted by Crippen LogP contribution is 2.25. The molecule has 0 saturated carbocycles. The van der Waals surface area contributed by atoms with Gasteiger partial charge in [0.1, 0.15) is 0 Å². The van der Waals surface area contributed by atoms with E-state index in [1.807, 2.05) is 4.90 Å². The van der Waals surface area contributed by atoms with E-state index < -0.39 is 5.97 Å². The Morgan fingerprint density at radius 1 is 1.40 bits per heavy atom. The summed E-state index contributed by atoms with van der Waals surface area (Å²) >= 11 is 5.83. The summed E-state index contributed by atoms with van der Waals surface area (Å²) in [6, 6.07) is 0.202. The molecule has 2 rings (SSSR count). The molecule has 1 aromatic heterocycles. The van der Waals surface area contributed by atoms with Gasteiger partial charge in [-0.05, 0) is 36.8 Å². The number of carboxylic acid groups (broad SMARTS) is 1. The van der Waals surface area contributed by atoms with Crippen molar-refractivity contribution >= 4 is 23.5 Å². The maximum absolute atomic E-state index is 10.6. The molecule has 1 saturated heterocycles. The SMILES string of the molecule is COc1nc(Cl)nc(N2CCC(CCC(=O)O)CC2)n1. The fraction of sp³-hybridized carbons (Fsp3) is 0.667. The van der Waals surface area contributed by atoms with Gasteiger partial charge in [0, 0.05) is 19.5 Å². The number of aliphatic carboxylic acids is 1. The Labute approximate surface area is 122 Å². The summed E-state index contributed by atoms with van der Waals surface area (Å²) in [4.78, 5) is 24.7. The minimum atomic E-state index is -0.735. The molecule has 0 aliphatic carbocycles. The van der Waals surface area contributed by atoms with Crippen molar-refractivity contribution in [1.82, 2.24) is 15.0 Å². The van der Waals surface area contributed by atoms with Crippen LogP contribution in [0.3, 0.4) is 0 Å². The number of hydrogen-bond donors (Lipinski definition) is 1. The quantitative estimate of drug-likeness (QED) is 0.883.